The Kier molecular flexibility index (Phi) is 7.12. The third-order valence-corrected chi connectivity index (χ3v) is 4.56. The number of amides is 2. The smallest absolute Gasteiger partial charge is 0.257 e. The van der Waals surface area contributed by atoms with E-state index in [4.69, 9.17) is 18.9 Å². The van der Waals surface area contributed by atoms with Crippen LogP contribution in [0.25, 0.3) is 0 Å². The number of aromatic nitrogens is 1. The number of nitrogens with one attached hydrogen (secondary N) is 2. The molecule has 0 saturated carbocycles. The number of carbonyl (C=O) groups excluding carboxylic acids is 2. The molecule has 0 aliphatic heterocycles. The molecule has 0 saturated heterocycles. The minimum atomic E-state index is -0.390. The summed E-state index contributed by atoms with van der Waals surface area (Å²) in [5.41, 5.74) is 1.65. The maximum Gasteiger partial charge on any atom is 0.257 e. The third kappa shape index (κ3) is 4.89. The lowest BCUT2D eigenvalue weighted by Crippen LogP contribution is -2.14. The monoisotopic (exact) mass is 437 g/mol. The Morgan fingerprint density at radius 2 is 1.41 bits per heavy atom. The van der Waals surface area contributed by atoms with Crippen LogP contribution in [0.15, 0.2) is 54.9 Å². The van der Waals surface area contributed by atoms with Gasteiger partial charge in [-0.15, -0.1) is 0 Å². The van der Waals surface area contributed by atoms with Crippen LogP contribution in [0.2, 0.25) is 0 Å². The Labute approximate surface area is 185 Å². The van der Waals surface area contributed by atoms with Crippen molar-refractivity contribution in [1.82, 2.24) is 4.98 Å². The zero-order valence-corrected chi connectivity index (χ0v) is 18.1. The average molecular weight is 437 g/mol. The van der Waals surface area contributed by atoms with Gasteiger partial charge in [-0.3, -0.25) is 14.6 Å². The van der Waals surface area contributed by atoms with E-state index in [1.165, 1.54) is 34.6 Å². The summed E-state index contributed by atoms with van der Waals surface area (Å²) in [7, 11) is 5.91. The molecule has 1 heterocycles. The molecule has 9 heteroatoms. The second-order valence-electron chi connectivity index (χ2n) is 6.48. The molecule has 1 aromatic heterocycles. The third-order valence-electron chi connectivity index (χ3n) is 4.56. The number of ether oxygens (including phenoxy) is 4. The van der Waals surface area contributed by atoms with Gasteiger partial charge >= 0.3 is 0 Å². The van der Waals surface area contributed by atoms with Gasteiger partial charge in [0.1, 0.15) is 5.75 Å². The largest absolute Gasteiger partial charge is 0.494 e. The Morgan fingerprint density at radius 1 is 0.750 bits per heavy atom. The fourth-order valence-corrected chi connectivity index (χ4v) is 2.98. The molecule has 0 radical (unpaired) electrons. The maximum absolute atomic E-state index is 12.8. The fourth-order valence-electron chi connectivity index (χ4n) is 2.98. The van der Waals surface area contributed by atoms with E-state index in [-0.39, 0.29) is 5.91 Å². The van der Waals surface area contributed by atoms with E-state index in [0.29, 0.717) is 45.5 Å². The van der Waals surface area contributed by atoms with Crippen LogP contribution in [0, 0.1) is 0 Å². The zero-order chi connectivity index (χ0) is 23.1. The summed E-state index contributed by atoms with van der Waals surface area (Å²) >= 11 is 0. The van der Waals surface area contributed by atoms with Gasteiger partial charge in [0, 0.05) is 29.7 Å². The summed E-state index contributed by atoms with van der Waals surface area (Å²) in [6, 6.07) is 11.3. The fraction of sp³-hybridized carbons (Fsp3) is 0.174. The lowest BCUT2D eigenvalue weighted by molar-refractivity contribution is 0.101. The van der Waals surface area contributed by atoms with Crippen LogP contribution in [0.1, 0.15) is 20.7 Å². The molecule has 0 unspecified atom stereocenters. The van der Waals surface area contributed by atoms with E-state index >= 15 is 0 Å². The maximum atomic E-state index is 12.8. The second-order valence-corrected chi connectivity index (χ2v) is 6.48. The number of methoxy groups -OCH3 is 4. The summed E-state index contributed by atoms with van der Waals surface area (Å²) < 4.78 is 21.2. The van der Waals surface area contributed by atoms with Crippen LogP contribution in [-0.2, 0) is 0 Å². The molecule has 0 bridgehead atoms. The molecule has 0 atom stereocenters. The predicted octanol–water partition coefficient (Wildman–Crippen LogP) is 3.62. The molecule has 0 aliphatic carbocycles. The standard InChI is InChI=1S/C23H23N3O6/c1-29-18-12-16(7-8-17(18)26-22(27)14-6-5-9-24-13-14)25-23(28)15-10-19(30-2)21(32-4)20(11-15)31-3/h5-13H,1-4H3,(H,25,28)(H,26,27). The van der Waals surface area contributed by atoms with Crippen LogP contribution in [-0.4, -0.2) is 45.2 Å². The van der Waals surface area contributed by atoms with Crippen LogP contribution < -0.4 is 29.6 Å². The number of pyridine rings is 1. The van der Waals surface area contributed by atoms with Crippen molar-refractivity contribution in [2.75, 3.05) is 39.1 Å². The highest BCUT2D eigenvalue weighted by atomic mass is 16.5. The number of hydrogen-bond donors (Lipinski definition) is 2. The van der Waals surface area contributed by atoms with Crippen LogP contribution in [0.4, 0.5) is 11.4 Å². The highest BCUT2D eigenvalue weighted by Crippen LogP contribution is 2.38. The van der Waals surface area contributed by atoms with Gasteiger partial charge < -0.3 is 29.6 Å². The summed E-state index contributed by atoms with van der Waals surface area (Å²) in [6.07, 6.45) is 3.05. The first-order chi connectivity index (χ1) is 15.5. The summed E-state index contributed by atoms with van der Waals surface area (Å²) in [6.45, 7) is 0. The Balaban J connectivity index is 1.81. The predicted molar refractivity (Wildman–Crippen MR) is 119 cm³/mol. The molecule has 3 rings (SSSR count). The molecule has 166 valence electrons. The van der Waals surface area contributed by atoms with Crippen LogP contribution in [0.3, 0.4) is 0 Å². The Bertz CT molecular complexity index is 1090. The molecule has 0 aliphatic rings. The number of rotatable bonds is 8. The molecule has 3 aromatic rings. The first kappa shape index (κ1) is 22.4. The normalized spacial score (nSPS) is 10.1. The molecule has 2 N–H and O–H groups in total. The van der Waals surface area contributed by atoms with Crippen molar-refractivity contribution in [2.45, 2.75) is 0 Å². The highest BCUT2D eigenvalue weighted by Gasteiger charge is 2.18. The molecule has 0 fully saturated rings. The van der Waals surface area contributed by atoms with Gasteiger partial charge in [-0.1, -0.05) is 0 Å². The van der Waals surface area contributed by atoms with Gasteiger partial charge in [-0.2, -0.15) is 0 Å². The van der Waals surface area contributed by atoms with E-state index in [1.807, 2.05) is 0 Å². The van der Waals surface area contributed by atoms with Gasteiger partial charge in [-0.05, 0) is 36.4 Å². The van der Waals surface area contributed by atoms with Crippen molar-refractivity contribution >= 4 is 23.2 Å². The lowest BCUT2D eigenvalue weighted by atomic mass is 10.1. The summed E-state index contributed by atoms with van der Waals surface area (Å²) in [4.78, 5) is 29.1. The SMILES string of the molecule is COc1cc(NC(=O)c2cc(OC)c(OC)c(OC)c2)ccc1NC(=O)c1cccnc1. The van der Waals surface area contributed by atoms with Gasteiger partial charge in [0.15, 0.2) is 11.5 Å². The topological polar surface area (TPSA) is 108 Å². The van der Waals surface area contributed by atoms with E-state index in [2.05, 4.69) is 15.6 Å². The van der Waals surface area contributed by atoms with E-state index in [9.17, 15) is 9.59 Å². The van der Waals surface area contributed by atoms with E-state index < -0.39 is 5.91 Å². The number of carbonyl (C=O) groups is 2. The number of nitrogens with zero attached hydrogens (tertiary/aromatic N) is 1. The van der Waals surface area contributed by atoms with Gasteiger partial charge in [-0.25, -0.2) is 0 Å². The van der Waals surface area contributed by atoms with Gasteiger partial charge in [0.25, 0.3) is 11.8 Å². The van der Waals surface area contributed by atoms with Crippen molar-refractivity contribution in [3.63, 3.8) is 0 Å². The van der Waals surface area contributed by atoms with Gasteiger partial charge in [0.2, 0.25) is 5.75 Å². The molecule has 0 spiro atoms. The van der Waals surface area contributed by atoms with Gasteiger partial charge in [0.05, 0.1) is 39.7 Å². The molecular weight excluding hydrogens is 414 g/mol. The highest BCUT2D eigenvalue weighted by molar-refractivity contribution is 6.06. The first-order valence-electron chi connectivity index (χ1n) is 9.51. The van der Waals surface area contributed by atoms with Crippen LogP contribution >= 0.6 is 0 Å². The van der Waals surface area contributed by atoms with Crippen molar-refractivity contribution in [2.24, 2.45) is 0 Å². The molecule has 32 heavy (non-hydrogen) atoms. The first-order valence-corrected chi connectivity index (χ1v) is 9.51. The molecular formula is C23H23N3O6. The Morgan fingerprint density at radius 3 is 1.97 bits per heavy atom. The van der Waals surface area contributed by atoms with E-state index in [0.717, 1.165) is 0 Å². The average Bonchev–Trinajstić information content (AvgIpc) is 2.84. The van der Waals surface area contributed by atoms with Crippen molar-refractivity contribution in [1.29, 1.82) is 0 Å². The second kappa shape index (κ2) is 10.2. The Hall–Kier alpha value is -4.27. The van der Waals surface area contributed by atoms with E-state index in [1.54, 1.807) is 48.7 Å². The zero-order valence-electron chi connectivity index (χ0n) is 18.1. The van der Waals surface area contributed by atoms with Crippen molar-refractivity contribution < 1.29 is 28.5 Å². The molecule has 2 amide bonds. The number of benzene rings is 2. The van der Waals surface area contributed by atoms with Crippen LogP contribution in [0.5, 0.6) is 23.0 Å². The number of anilines is 2. The summed E-state index contributed by atoms with van der Waals surface area (Å²) in [5, 5.41) is 5.56. The quantitative estimate of drug-likeness (QED) is 0.554. The molecule has 2 aromatic carbocycles. The summed E-state index contributed by atoms with van der Waals surface area (Å²) in [5.74, 6) is 0.780. The minimum absolute atomic E-state index is 0.312. The lowest BCUT2D eigenvalue weighted by Gasteiger charge is -2.15. The van der Waals surface area contributed by atoms with Crippen molar-refractivity contribution in [3.8, 4) is 23.0 Å². The number of hydrogen-bond acceptors (Lipinski definition) is 7. The van der Waals surface area contributed by atoms with Crippen molar-refractivity contribution in [3.05, 3.63) is 66.0 Å². The molecule has 9 nitrogen and oxygen atoms in total. The minimum Gasteiger partial charge on any atom is -0.494 e.